The van der Waals surface area contributed by atoms with Crippen molar-refractivity contribution in [2.24, 2.45) is 0 Å². The Hall–Kier alpha value is -2.11. The average molecular weight is 411 g/mol. The van der Waals surface area contributed by atoms with Crippen molar-refractivity contribution in [2.75, 3.05) is 6.54 Å². The van der Waals surface area contributed by atoms with Crippen molar-refractivity contribution in [3.05, 3.63) is 69.5 Å². The normalized spacial score (nSPS) is 11.7. The number of rotatable bonds is 7. The highest BCUT2D eigenvalue weighted by Gasteiger charge is 2.26. The molecule has 2 aromatic rings. The van der Waals surface area contributed by atoms with Gasteiger partial charge >= 0.3 is 0 Å². The molecule has 0 aliphatic heterocycles. The third kappa shape index (κ3) is 5.68. The van der Waals surface area contributed by atoms with Gasteiger partial charge in [0.15, 0.2) is 0 Å². The van der Waals surface area contributed by atoms with Crippen molar-refractivity contribution in [3.8, 4) is 0 Å². The van der Waals surface area contributed by atoms with E-state index >= 15 is 0 Å². The van der Waals surface area contributed by atoms with Crippen molar-refractivity contribution >= 4 is 35.0 Å². The number of nitrogens with zero attached hydrogens (tertiary/aromatic N) is 1. The summed E-state index contributed by atoms with van der Waals surface area (Å²) in [6.07, 6.45) is -0.0382. The van der Waals surface area contributed by atoms with Crippen LogP contribution in [0.5, 0.6) is 0 Å². The number of likely N-dealkylation sites (N-methyl/N-ethyl adjacent to an activating group) is 1. The minimum absolute atomic E-state index is 0.0382. The highest BCUT2D eigenvalue weighted by molar-refractivity contribution is 6.36. The van der Waals surface area contributed by atoms with Gasteiger partial charge in [0, 0.05) is 23.1 Å². The summed E-state index contributed by atoms with van der Waals surface area (Å²) in [4.78, 5) is 26.7. The molecule has 0 unspecified atom stereocenters. The van der Waals surface area contributed by atoms with Gasteiger partial charge in [0.1, 0.15) is 11.9 Å². The van der Waals surface area contributed by atoms with Gasteiger partial charge in [0.2, 0.25) is 11.8 Å². The molecule has 0 aromatic heterocycles. The topological polar surface area (TPSA) is 49.4 Å². The van der Waals surface area contributed by atoms with E-state index in [-0.39, 0.29) is 30.6 Å². The predicted octanol–water partition coefficient (Wildman–Crippen LogP) is 4.23. The Morgan fingerprint density at radius 3 is 2.26 bits per heavy atom. The largest absolute Gasteiger partial charge is 0.355 e. The first-order valence-electron chi connectivity index (χ1n) is 8.58. The minimum Gasteiger partial charge on any atom is -0.355 e. The average Bonchev–Trinajstić information content (AvgIpc) is 2.64. The molecule has 0 radical (unpaired) electrons. The van der Waals surface area contributed by atoms with Crippen molar-refractivity contribution in [2.45, 2.75) is 32.9 Å². The molecule has 0 heterocycles. The van der Waals surface area contributed by atoms with Crippen molar-refractivity contribution in [3.63, 3.8) is 0 Å². The summed E-state index contributed by atoms with van der Waals surface area (Å²) in [5.41, 5.74) is 1.23. The van der Waals surface area contributed by atoms with Crippen LogP contribution in [-0.4, -0.2) is 29.3 Å². The molecule has 0 aliphatic carbocycles. The smallest absolute Gasteiger partial charge is 0.242 e. The van der Waals surface area contributed by atoms with E-state index in [2.05, 4.69) is 5.32 Å². The number of benzene rings is 2. The summed E-state index contributed by atoms with van der Waals surface area (Å²) in [6.45, 7) is 4.08. The van der Waals surface area contributed by atoms with Crippen molar-refractivity contribution in [1.82, 2.24) is 10.2 Å². The van der Waals surface area contributed by atoms with Crippen LogP contribution in [0.3, 0.4) is 0 Å². The standard InChI is InChI=1S/C20H21Cl2FN2O2/c1-3-24-20(27)13(2)25(12-14-7-9-15(23)10-8-14)19(26)11-16-17(21)5-4-6-18(16)22/h4-10,13H,3,11-12H2,1-2H3,(H,24,27)/t13-/m0/s1. The van der Waals surface area contributed by atoms with Gasteiger partial charge in [-0.05, 0) is 49.2 Å². The number of nitrogens with one attached hydrogen (secondary N) is 1. The Morgan fingerprint density at radius 1 is 1.11 bits per heavy atom. The Labute approximate surface area is 168 Å². The van der Waals surface area contributed by atoms with E-state index in [4.69, 9.17) is 23.2 Å². The van der Waals surface area contributed by atoms with Gasteiger partial charge in [-0.3, -0.25) is 9.59 Å². The molecule has 1 atom stereocenters. The Kier molecular flexibility index (Phi) is 7.63. The van der Waals surface area contributed by atoms with Crippen LogP contribution in [0.25, 0.3) is 0 Å². The SMILES string of the molecule is CCNC(=O)[C@H](C)N(Cc1ccc(F)cc1)C(=O)Cc1c(Cl)cccc1Cl. The first kappa shape index (κ1) is 21.2. The van der Waals surface area contributed by atoms with Crippen molar-refractivity contribution < 1.29 is 14.0 Å². The summed E-state index contributed by atoms with van der Waals surface area (Å²) in [5.74, 6) is -0.928. The molecule has 144 valence electrons. The molecule has 0 saturated heterocycles. The summed E-state index contributed by atoms with van der Waals surface area (Å²) in [6, 6.07) is 10.1. The van der Waals surface area contributed by atoms with Gasteiger partial charge in [-0.2, -0.15) is 0 Å². The Bertz CT molecular complexity index is 792. The molecule has 2 amide bonds. The zero-order chi connectivity index (χ0) is 20.0. The van der Waals surface area contributed by atoms with Crippen LogP contribution in [0.15, 0.2) is 42.5 Å². The third-order valence-electron chi connectivity index (χ3n) is 4.17. The van der Waals surface area contributed by atoms with Crippen LogP contribution < -0.4 is 5.32 Å². The summed E-state index contributed by atoms with van der Waals surface area (Å²) in [7, 11) is 0. The van der Waals surface area contributed by atoms with Crippen molar-refractivity contribution in [1.29, 1.82) is 0 Å². The molecule has 2 aromatic carbocycles. The molecule has 0 fully saturated rings. The highest BCUT2D eigenvalue weighted by atomic mass is 35.5. The monoisotopic (exact) mass is 410 g/mol. The quantitative estimate of drug-likeness (QED) is 0.742. The third-order valence-corrected chi connectivity index (χ3v) is 4.88. The van der Waals surface area contributed by atoms with Crippen LogP contribution in [0.1, 0.15) is 25.0 Å². The second-order valence-electron chi connectivity index (χ2n) is 6.10. The lowest BCUT2D eigenvalue weighted by molar-refractivity contribution is -0.140. The molecule has 27 heavy (non-hydrogen) atoms. The second-order valence-corrected chi connectivity index (χ2v) is 6.91. The number of amides is 2. The number of hydrogen-bond donors (Lipinski definition) is 1. The Morgan fingerprint density at radius 2 is 1.70 bits per heavy atom. The maximum Gasteiger partial charge on any atom is 0.242 e. The summed E-state index contributed by atoms with van der Waals surface area (Å²) < 4.78 is 13.2. The van der Waals surface area contributed by atoms with Crippen LogP contribution in [0.2, 0.25) is 10.0 Å². The zero-order valence-corrected chi connectivity index (χ0v) is 16.6. The lowest BCUT2D eigenvalue weighted by atomic mass is 10.1. The fourth-order valence-corrected chi connectivity index (χ4v) is 3.18. The van der Waals surface area contributed by atoms with E-state index < -0.39 is 6.04 Å². The van der Waals surface area contributed by atoms with Gasteiger partial charge in [0.25, 0.3) is 0 Å². The van der Waals surface area contributed by atoms with Gasteiger partial charge in [-0.1, -0.05) is 41.4 Å². The van der Waals surface area contributed by atoms with Gasteiger partial charge in [-0.15, -0.1) is 0 Å². The van der Waals surface area contributed by atoms with Crippen LogP contribution >= 0.6 is 23.2 Å². The van der Waals surface area contributed by atoms with E-state index in [1.54, 1.807) is 44.2 Å². The summed E-state index contributed by atoms with van der Waals surface area (Å²) >= 11 is 12.3. The summed E-state index contributed by atoms with van der Waals surface area (Å²) in [5, 5.41) is 3.50. The lowest BCUT2D eigenvalue weighted by Gasteiger charge is -2.29. The molecular formula is C20H21Cl2FN2O2. The number of hydrogen-bond acceptors (Lipinski definition) is 2. The minimum atomic E-state index is -0.705. The molecule has 0 bridgehead atoms. The predicted molar refractivity (Wildman–Crippen MR) is 105 cm³/mol. The fraction of sp³-hybridized carbons (Fsp3) is 0.300. The molecule has 2 rings (SSSR count). The van der Waals surface area contributed by atoms with Crippen LogP contribution in [0.4, 0.5) is 4.39 Å². The van der Waals surface area contributed by atoms with E-state index in [1.165, 1.54) is 17.0 Å². The first-order valence-corrected chi connectivity index (χ1v) is 9.33. The first-order chi connectivity index (χ1) is 12.8. The molecule has 0 spiro atoms. The Balaban J connectivity index is 2.28. The highest BCUT2D eigenvalue weighted by Crippen LogP contribution is 2.26. The van der Waals surface area contributed by atoms with Crippen LogP contribution in [0, 0.1) is 5.82 Å². The van der Waals surface area contributed by atoms with Gasteiger partial charge < -0.3 is 10.2 Å². The van der Waals surface area contributed by atoms with E-state index in [1.807, 2.05) is 0 Å². The van der Waals surface area contributed by atoms with Gasteiger partial charge in [-0.25, -0.2) is 4.39 Å². The number of halogens is 3. The van der Waals surface area contributed by atoms with E-state index in [9.17, 15) is 14.0 Å². The van der Waals surface area contributed by atoms with E-state index in [0.29, 0.717) is 27.7 Å². The maximum absolute atomic E-state index is 13.2. The van der Waals surface area contributed by atoms with Gasteiger partial charge in [0.05, 0.1) is 6.42 Å². The molecular weight excluding hydrogens is 390 g/mol. The fourth-order valence-electron chi connectivity index (χ4n) is 2.65. The number of carbonyl (C=O) groups is 2. The molecule has 4 nitrogen and oxygen atoms in total. The zero-order valence-electron chi connectivity index (χ0n) is 15.1. The van der Waals surface area contributed by atoms with E-state index in [0.717, 1.165) is 0 Å². The molecule has 0 aliphatic rings. The maximum atomic E-state index is 13.2. The molecule has 0 saturated carbocycles. The second kappa shape index (κ2) is 9.72. The molecule has 7 heteroatoms. The molecule has 1 N–H and O–H groups in total. The number of carbonyl (C=O) groups excluding carboxylic acids is 2. The lowest BCUT2D eigenvalue weighted by Crippen LogP contribution is -2.48. The van der Waals surface area contributed by atoms with Crippen LogP contribution in [-0.2, 0) is 22.6 Å².